The third kappa shape index (κ3) is 4.08. The zero-order chi connectivity index (χ0) is 10.6. The Kier molecular flexibility index (Phi) is 3.28. The van der Waals surface area contributed by atoms with Gasteiger partial charge in [0.15, 0.2) is 12.0 Å². The topological polar surface area (TPSA) is 26.0 Å². The van der Waals surface area contributed by atoms with Crippen LogP contribution in [0.5, 0.6) is 0 Å². The van der Waals surface area contributed by atoms with Crippen molar-refractivity contribution in [3.05, 3.63) is 30.7 Å². The summed E-state index contributed by atoms with van der Waals surface area (Å²) in [7, 11) is 0. The van der Waals surface area contributed by atoms with Gasteiger partial charge in [-0.3, -0.25) is 0 Å². The van der Waals surface area contributed by atoms with E-state index in [1.165, 1.54) is 6.39 Å². The molecule has 0 spiro atoms. The minimum atomic E-state index is 0.500. The summed E-state index contributed by atoms with van der Waals surface area (Å²) in [6.45, 7) is 8.75. The molecular weight excluding hydrogens is 174 g/mol. The second-order valence-electron chi connectivity index (χ2n) is 4.82. The number of hydrogen-bond donors (Lipinski definition) is 0. The van der Waals surface area contributed by atoms with Crippen molar-refractivity contribution in [3.8, 4) is 0 Å². The Morgan fingerprint density at radius 1 is 1.07 bits per heavy atom. The molecule has 1 aromatic carbocycles. The van der Waals surface area contributed by atoms with Crippen LogP contribution in [0.25, 0.3) is 11.1 Å². The van der Waals surface area contributed by atoms with Crippen molar-refractivity contribution in [3.63, 3.8) is 0 Å². The van der Waals surface area contributed by atoms with Crippen molar-refractivity contribution >= 4 is 11.1 Å². The van der Waals surface area contributed by atoms with E-state index in [0.717, 1.165) is 11.1 Å². The summed E-state index contributed by atoms with van der Waals surface area (Å²) in [6, 6.07) is 7.67. The fraction of sp³-hybridized carbons (Fsp3) is 0.417. The lowest BCUT2D eigenvalue weighted by Crippen LogP contribution is -1.93. The molecule has 0 radical (unpaired) electrons. The molecule has 0 aliphatic rings. The van der Waals surface area contributed by atoms with Gasteiger partial charge in [0.05, 0.1) is 0 Å². The minimum Gasteiger partial charge on any atom is -0.443 e. The number of aromatic nitrogens is 1. The van der Waals surface area contributed by atoms with Crippen LogP contribution in [0.4, 0.5) is 0 Å². The van der Waals surface area contributed by atoms with Gasteiger partial charge in [0.1, 0.15) is 5.52 Å². The molecule has 0 atom stereocenters. The Balaban J connectivity index is 0.000000171. The molecule has 1 aromatic heterocycles. The first-order valence-electron chi connectivity index (χ1n) is 4.75. The van der Waals surface area contributed by atoms with Gasteiger partial charge in [-0.25, -0.2) is 4.98 Å². The lowest BCUT2D eigenvalue weighted by molar-refractivity contribution is 0.469. The lowest BCUT2D eigenvalue weighted by atomic mass is 10.0. The monoisotopic (exact) mass is 191 g/mol. The number of fused-ring (bicyclic) bond motifs is 1. The van der Waals surface area contributed by atoms with Gasteiger partial charge in [-0.2, -0.15) is 0 Å². The first-order chi connectivity index (χ1) is 6.47. The summed E-state index contributed by atoms with van der Waals surface area (Å²) in [4.78, 5) is 3.95. The van der Waals surface area contributed by atoms with Crippen molar-refractivity contribution in [2.75, 3.05) is 0 Å². The summed E-state index contributed by atoms with van der Waals surface area (Å²) in [5.41, 5.74) is 2.26. The standard InChI is InChI=1S/C7H5NO.C5H12/c1-2-4-7-6(3-1)8-5-9-7;1-5(2,3)4/h1-5H;1-4H3. The average molecular weight is 191 g/mol. The highest BCUT2D eigenvalue weighted by Crippen LogP contribution is 2.09. The van der Waals surface area contributed by atoms with Crippen molar-refractivity contribution in [1.82, 2.24) is 4.98 Å². The highest BCUT2D eigenvalue weighted by Gasteiger charge is 1.95. The molecule has 2 aromatic rings. The number of oxazole rings is 1. The van der Waals surface area contributed by atoms with Crippen molar-refractivity contribution in [1.29, 1.82) is 0 Å². The molecule has 0 saturated heterocycles. The molecule has 1 heterocycles. The second-order valence-corrected chi connectivity index (χ2v) is 4.82. The van der Waals surface area contributed by atoms with E-state index in [1.807, 2.05) is 24.3 Å². The van der Waals surface area contributed by atoms with Crippen LogP contribution in [0.3, 0.4) is 0 Å². The largest absolute Gasteiger partial charge is 0.443 e. The van der Waals surface area contributed by atoms with Crippen LogP contribution < -0.4 is 0 Å². The van der Waals surface area contributed by atoms with E-state index < -0.39 is 0 Å². The van der Waals surface area contributed by atoms with Gasteiger partial charge in [0.25, 0.3) is 0 Å². The van der Waals surface area contributed by atoms with Crippen LogP contribution in [0.2, 0.25) is 0 Å². The molecule has 0 saturated carbocycles. The molecule has 76 valence electrons. The van der Waals surface area contributed by atoms with Crippen LogP contribution in [0.15, 0.2) is 35.1 Å². The van der Waals surface area contributed by atoms with E-state index in [-0.39, 0.29) is 0 Å². The van der Waals surface area contributed by atoms with Gasteiger partial charge in [-0.1, -0.05) is 39.8 Å². The molecule has 2 rings (SSSR count). The Hall–Kier alpha value is -1.31. The van der Waals surface area contributed by atoms with Crippen LogP contribution >= 0.6 is 0 Å². The molecule has 0 fully saturated rings. The van der Waals surface area contributed by atoms with Gasteiger partial charge >= 0.3 is 0 Å². The number of para-hydroxylation sites is 2. The van der Waals surface area contributed by atoms with Crippen LogP contribution in [0.1, 0.15) is 27.7 Å². The third-order valence-corrected chi connectivity index (χ3v) is 1.24. The zero-order valence-corrected chi connectivity index (χ0v) is 9.24. The fourth-order valence-electron chi connectivity index (χ4n) is 0.803. The number of hydrogen-bond acceptors (Lipinski definition) is 2. The van der Waals surface area contributed by atoms with E-state index in [0.29, 0.717) is 5.41 Å². The summed E-state index contributed by atoms with van der Waals surface area (Å²) in [5, 5.41) is 0. The van der Waals surface area contributed by atoms with Crippen LogP contribution in [0, 0.1) is 5.41 Å². The Morgan fingerprint density at radius 3 is 2.21 bits per heavy atom. The molecule has 0 unspecified atom stereocenters. The Morgan fingerprint density at radius 2 is 1.64 bits per heavy atom. The van der Waals surface area contributed by atoms with Crippen molar-refractivity contribution < 1.29 is 4.42 Å². The second kappa shape index (κ2) is 4.27. The number of rotatable bonds is 0. The fourth-order valence-corrected chi connectivity index (χ4v) is 0.803. The summed E-state index contributed by atoms with van der Waals surface area (Å²) < 4.78 is 5.01. The van der Waals surface area contributed by atoms with Gasteiger partial charge in [0.2, 0.25) is 0 Å². The summed E-state index contributed by atoms with van der Waals surface area (Å²) in [5.74, 6) is 0. The first kappa shape index (κ1) is 10.8. The van der Waals surface area contributed by atoms with E-state index in [1.54, 1.807) is 0 Å². The van der Waals surface area contributed by atoms with E-state index in [2.05, 4.69) is 32.7 Å². The maximum atomic E-state index is 5.01. The van der Waals surface area contributed by atoms with E-state index in [9.17, 15) is 0 Å². The summed E-state index contributed by atoms with van der Waals surface area (Å²) in [6.07, 6.45) is 1.45. The smallest absolute Gasteiger partial charge is 0.181 e. The normalized spacial score (nSPS) is 10.9. The van der Waals surface area contributed by atoms with Crippen molar-refractivity contribution in [2.45, 2.75) is 27.7 Å². The number of nitrogens with zero attached hydrogens (tertiary/aromatic N) is 1. The zero-order valence-electron chi connectivity index (χ0n) is 9.24. The Labute approximate surface area is 85.0 Å². The molecule has 0 aliphatic heterocycles. The maximum Gasteiger partial charge on any atom is 0.181 e. The van der Waals surface area contributed by atoms with Crippen molar-refractivity contribution in [2.24, 2.45) is 5.41 Å². The van der Waals surface area contributed by atoms with Crippen LogP contribution in [-0.4, -0.2) is 4.98 Å². The highest BCUT2D eigenvalue weighted by atomic mass is 16.3. The maximum absolute atomic E-state index is 5.01. The molecule has 0 amide bonds. The predicted molar refractivity (Wildman–Crippen MR) is 59.1 cm³/mol. The molecular formula is C12H17NO. The van der Waals surface area contributed by atoms with Gasteiger partial charge < -0.3 is 4.42 Å². The molecule has 14 heavy (non-hydrogen) atoms. The van der Waals surface area contributed by atoms with Gasteiger partial charge in [0, 0.05) is 0 Å². The quantitative estimate of drug-likeness (QED) is 0.631. The average Bonchev–Trinajstić information content (AvgIpc) is 2.47. The third-order valence-electron chi connectivity index (χ3n) is 1.24. The highest BCUT2D eigenvalue weighted by molar-refractivity contribution is 5.71. The minimum absolute atomic E-state index is 0.500. The van der Waals surface area contributed by atoms with E-state index >= 15 is 0 Å². The molecule has 0 aliphatic carbocycles. The predicted octanol–water partition coefficient (Wildman–Crippen LogP) is 3.88. The first-order valence-corrected chi connectivity index (χ1v) is 4.75. The molecule has 2 nitrogen and oxygen atoms in total. The lowest BCUT2D eigenvalue weighted by Gasteiger charge is -2.05. The van der Waals surface area contributed by atoms with Gasteiger partial charge in [-0.05, 0) is 17.5 Å². The molecule has 0 N–H and O–H groups in total. The Bertz CT molecular complexity index is 348. The van der Waals surface area contributed by atoms with Crippen LogP contribution in [-0.2, 0) is 0 Å². The van der Waals surface area contributed by atoms with E-state index in [4.69, 9.17) is 4.42 Å². The molecule has 2 heteroatoms. The summed E-state index contributed by atoms with van der Waals surface area (Å²) >= 11 is 0. The van der Waals surface area contributed by atoms with Gasteiger partial charge in [-0.15, -0.1) is 0 Å². The molecule has 0 bridgehead atoms. The SMILES string of the molecule is CC(C)(C)C.c1ccc2ocnc2c1. The number of benzene rings is 1.